The van der Waals surface area contributed by atoms with Crippen LogP contribution in [0.2, 0.25) is 0 Å². The van der Waals surface area contributed by atoms with Gasteiger partial charge < -0.3 is 4.74 Å². The monoisotopic (exact) mass is 244 g/mol. The maximum absolute atomic E-state index is 12.1. The molecule has 0 aliphatic rings. The van der Waals surface area contributed by atoms with E-state index in [1.807, 2.05) is 31.2 Å². The number of carbonyl (C=O) groups excluding carboxylic acids is 1. The molecule has 0 saturated heterocycles. The van der Waals surface area contributed by atoms with E-state index in [4.69, 9.17) is 4.74 Å². The van der Waals surface area contributed by atoms with Crippen molar-refractivity contribution < 1.29 is 9.53 Å². The highest BCUT2D eigenvalue weighted by Crippen LogP contribution is 2.19. The molecule has 2 rings (SSSR count). The second-order valence-corrected chi connectivity index (χ2v) is 4.00. The van der Waals surface area contributed by atoms with E-state index in [0.29, 0.717) is 12.0 Å². The van der Waals surface area contributed by atoms with Gasteiger partial charge in [-0.15, -0.1) is 0 Å². The van der Waals surface area contributed by atoms with Gasteiger partial charge in [0.05, 0.1) is 18.9 Å². The lowest BCUT2D eigenvalue weighted by Gasteiger charge is -2.06. The van der Waals surface area contributed by atoms with Crippen molar-refractivity contribution >= 4 is 5.78 Å². The van der Waals surface area contributed by atoms with Crippen LogP contribution >= 0.6 is 0 Å². The Morgan fingerprint density at radius 1 is 1.39 bits per heavy atom. The van der Waals surface area contributed by atoms with E-state index in [9.17, 15) is 4.79 Å². The molecule has 94 valence electrons. The molecule has 1 heterocycles. The van der Waals surface area contributed by atoms with Crippen LogP contribution < -0.4 is 4.74 Å². The third-order valence-corrected chi connectivity index (χ3v) is 2.82. The molecule has 0 saturated carbocycles. The molecule has 0 unspecified atom stereocenters. The standard InChI is InChI=1S/C14H16N2O2/c1-3-16-10-12(9-15-16)13(17)8-11-6-4-5-7-14(11)18-2/h4-7,9-10H,3,8H2,1-2H3. The molecule has 0 atom stereocenters. The zero-order valence-electron chi connectivity index (χ0n) is 10.6. The molecule has 18 heavy (non-hydrogen) atoms. The lowest BCUT2D eigenvalue weighted by atomic mass is 10.0. The van der Waals surface area contributed by atoms with Crippen molar-refractivity contribution in [2.75, 3.05) is 7.11 Å². The first kappa shape index (κ1) is 12.4. The van der Waals surface area contributed by atoms with Crippen LogP contribution in [0.3, 0.4) is 0 Å². The minimum absolute atomic E-state index is 0.0548. The first-order valence-electron chi connectivity index (χ1n) is 5.92. The van der Waals surface area contributed by atoms with Crippen LogP contribution in [0.15, 0.2) is 36.7 Å². The van der Waals surface area contributed by atoms with E-state index in [-0.39, 0.29) is 5.78 Å². The third-order valence-electron chi connectivity index (χ3n) is 2.82. The van der Waals surface area contributed by atoms with E-state index in [1.54, 1.807) is 24.2 Å². The summed E-state index contributed by atoms with van der Waals surface area (Å²) < 4.78 is 6.98. The SMILES string of the molecule is CCn1cc(C(=O)Cc2ccccc2OC)cn1. The highest BCUT2D eigenvalue weighted by Gasteiger charge is 2.12. The van der Waals surface area contributed by atoms with E-state index < -0.39 is 0 Å². The van der Waals surface area contributed by atoms with Crippen LogP contribution in [0.1, 0.15) is 22.8 Å². The average Bonchev–Trinajstić information content (AvgIpc) is 2.88. The molecular weight excluding hydrogens is 228 g/mol. The second kappa shape index (κ2) is 5.49. The quantitative estimate of drug-likeness (QED) is 0.758. The molecule has 0 radical (unpaired) electrons. The van der Waals surface area contributed by atoms with E-state index in [0.717, 1.165) is 17.9 Å². The van der Waals surface area contributed by atoms with Gasteiger partial charge in [0.25, 0.3) is 0 Å². The zero-order chi connectivity index (χ0) is 13.0. The molecule has 1 aromatic carbocycles. The van der Waals surface area contributed by atoms with Gasteiger partial charge in [-0.2, -0.15) is 5.10 Å². The topological polar surface area (TPSA) is 44.1 Å². The Kier molecular flexibility index (Phi) is 3.77. The Labute approximate surface area is 106 Å². The van der Waals surface area contributed by atoms with Gasteiger partial charge in [-0.05, 0) is 13.0 Å². The summed E-state index contributed by atoms with van der Waals surface area (Å²) >= 11 is 0. The number of carbonyl (C=O) groups is 1. The molecule has 0 spiro atoms. The molecule has 0 fully saturated rings. The number of para-hydroxylation sites is 1. The van der Waals surface area contributed by atoms with Gasteiger partial charge in [0.1, 0.15) is 5.75 Å². The Hall–Kier alpha value is -2.10. The number of Topliss-reactive ketones (excluding diaryl/α,β-unsaturated/α-hetero) is 1. The Balaban J connectivity index is 2.16. The lowest BCUT2D eigenvalue weighted by molar-refractivity contribution is 0.0992. The number of hydrogen-bond donors (Lipinski definition) is 0. The van der Waals surface area contributed by atoms with Crippen molar-refractivity contribution in [2.45, 2.75) is 19.9 Å². The number of ether oxygens (including phenoxy) is 1. The number of rotatable bonds is 5. The van der Waals surface area contributed by atoms with Crippen LogP contribution in [0.4, 0.5) is 0 Å². The van der Waals surface area contributed by atoms with Gasteiger partial charge in [-0.1, -0.05) is 18.2 Å². The molecule has 4 heteroatoms. The Morgan fingerprint density at radius 3 is 2.83 bits per heavy atom. The summed E-state index contributed by atoms with van der Waals surface area (Å²) in [5.41, 5.74) is 1.54. The van der Waals surface area contributed by atoms with Gasteiger partial charge in [0.15, 0.2) is 5.78 Å². The smallest absolute Gasteiger partial charge is 0.170 e. The minimum Gasteiger partial charge on any atom is -0.496 e. The van der Waals surface area contributed by atoms with Crippen LogP contribution in [0.25, 0.3) is 0 Å². The fraction of sp³-hybridized carbons (Fsp3) is 0.286. The van der Waals surface area contributed by atoms with Gasteiger partial charge in [0.2, 0.25) is 0 Å². The third kappa shape index (κ3) is 2.59. The van der Waals surface area contributed by atoms with E-state index in [1.165, 1.54) is 0 Å². The minimum atomic E-state index is 0.0548. The lowest BCUT2D eigenvalue weighted by Crippen LogP contribution is -2.04. The van der Waals surface area contributed by atoms with Crippen molar-refractivity contribution in [1.29, 1.82) is 0 Å². The summed E-state index contributed by atoms with van der Waals surface area (Å²) in [4.78, 5) is 12.1. The summed E-state index contributed by atoms with van der Waals surface area (Å²) in [6.45, 7) is 2.75. The number of hydrogen-bond acceptors (Lipinski definition) is 3. The summed E-state index contributed by atoms with van der Waals surface area (Å²) in [6.07, 6.45) is 3.72. The van der Waals surface area contributed by atoms with Gasteiger partial charge >= 0.3 is 0 Å². The van der Waals surface area contributed by atoms with Gasteiger partial charge in [-0.3, -0.25) is 9.48 Å². The van der Waals surface area contributed by atoms with Crippen molar-refractivity contribution in [3.8, 4) is 5.75 Å². The van der Waals surface area contributed by atoms with Crippen LogP contribution in [-0.4, -0.2) is 22.7 Å². The molecular formula is C14H16N2O2. The largest absolute Gasteiger partial charge is 0.496 e. The molecule has 0 bridgehead atoms. The summed E-state index contributed by atoms with van der Waals surface area (Å²) in [6, 6.07) is 7.56. The van der Waals surface area contributed by atoms with Crippen LogP contribution in [0.5, 0.6) is 5.75 Å². The highest BCUT2D eigenvalue weighted by molar-refractivity contribution is 5.97. The Bertz CT molecular complexity index is 546. The Morgan fingerprint density at radius 2 is 2.17 bits per heavy atom. The number of benzene rings is 1. The van der Waals surface area contributed by atoms with Crippen molar-refractivity contribution in [3.05, 3.63) is 47.8 Å². The predicted molar refractivity (Wildman–Crippen MR) is 68.9 cm³/mol. The molecule has 0 amide bonds. The number of methoxy groups -OCH3 is 1. The second-order valence-electron chi connectivity index (χ2n) is 4.00. The summed E-state index contributed by atoms with van der Waals surface area (Å²) in [5.74, 6) is 0.799. The van der Waals surface area contributed by atoms with Gasteiger partial charge in [0, 0.05) is 24.7 Å². The molecule has 2 aromatic rings. The van der Waals surface area contributed by atoms with Crippen LogP contribution in [0, 0.1) is 0 Å². The average molecular weight is 244 g/mol. The van der Waals surface area contributed by atoms with Gasteiger partial charge in [-0.25, -0.2) is 0 Å². The molecule has 0 aliphatic heterocycles. The number of aryl methyl sites for hydroxylation is 1. The predicted octanol–water partition coefficient (Wildman–Crippen LogP) is 2.34. The fourth-order valence-corrected chi connectivity index (χ4v) is 1.80. The molecule has 0 aliphatic carbocycles. The first-order chi connectivity index (χ1) is 8.74. The number of nitrogens with zero attached hydrogens (tertiary/aromatic N) is 2. The maximum atomic E-state index is 12.1. The fourth-order valence-electron chi connectivity index (χ4n) is 1.80. The van der Waals surface area contributed by atoms with E-state index >= 15 is 0 Å². The highest BCUT2D eigenvalue weighted by atomic mass is 16.5. The molecule has 4 nitrogen and oxygen atoms in total. The first-order valence-corrected chi connectivity index (χ1v) is 5.92. The maximum Gasteiger partial charge on any atom is 0.170 e. The normalized spacial score (nSPS) is 10.3. The number of aromatic nitrogens is 2. The van der Waals surface area contributed by atoms with Crippen molar-refractivity contribution in [3.63, 3.8) is 0 Å². The van der Waals surface area contributed by atoms with Crippen LogP contribution in [-0.2, 0) is 13.0 Å². The van der Waals surface area contributed by atoms with Crippen molar-refractivity contribution in [1.82, 2.24) is 9.78 Å². The van der Waals surface area contributed by atoms with E-state index in [2.05, 4.69) is 5.10 Å². The number of ketones is 1. The van der Waals surface area contributed by atoms with Crippen molar-refractivity contribution in [2.24, 2.45) is 0 Å². The zero-order valence-corrected chi connectivity index (χ0v) is 10.6. The summed E-state index contributed by atoms with van der Waals surface area (Å²) in [7, 11) is 1.61. The summed E-state index contributed by atoms with van der Waals surface area (Å²) in [5, 5.41) is 4.10. The molecule has 1 aromatic heterocycles. The molecule has 0 N–H and O–H groups in total.